The van der Waals surface area contributed by atoms with E-state index in [9.17, 15) is 0 Å². The number of hydrogen-bond acceptors (Lipinski definition) is 3. The second-order valence-corrected chi connectivity index (χ2v) is 5.77. The van der Waals surface area contributed by atoms with E-state index in [1.54, 1.807) is 6.33 Å². The van der Waals surface area contributed by atoms with Crippen LogP contribution in [0, 0.1) is 0 Å². The summed E-state index contributed by atoms with van der Waals surface area (Å²) < 4.78 is 4.08. The first kappa shape index (κ1) is 17.1. The van der Waals surface area contributed by atoms with E-state index in [1.165, 1.54) is 11.1 Å². The van der Waals surface area contributed by atoms with E-state index in [1.807, 2.05) is 47.3 Å². The molecule has 0 aliphatic heterocycles. The lowest BCUT2D eigenvalue weighted by Gasteiger charge is -2.05. The lowest BCUT2D eigenvalue weighted by molar-refractivity contribution is -0.667. The second kappa shape index (κ2) is 7.44. The molecule has 6 heteroatoms. The van der Waals surface area contributed by atoms with Gasteiger partial charge in [0.1, 0.15) is 0 Å². The lowest BCUT2D eigenvalue weighted by Crippen LogP contribution is -2.36. The highest BCUT2D eigenvalue weighted by molar-refractivity contribution is 8.93. The zero-order valence-electron chi connectivity index (χ0n) is 13.6. The third-order valence-corrected chi connectivity index (χ3v) is 4.06. The van der Waals surface area contributed by atoms with Crippen LogP contribution < -0.4 is 10.3 Å². The van der Waals surface area contributed by atoms with Gasteiger partial charge in [-0.3, -0.25) is 0 Å². The molecule has 2 heterocycles. The molecule has 0 atom stereocenters. The van der Waals surface area contributed by atoms with Gasteiger partial charge in [-0.2, -0.15) is 0 Å². The molecular formula is C19H19BrN5+. The van der Waals surface area contributed by atoms with Crippen molar-refractivity contribution in [3.63, 3.8) is 0 Å². The number of anilines is 1. The van der Waals surface area contributed by atoms with Crippen molar-refractivity contribution in [2.75, 3.05) is 5.73 Å². The van der Waals surface area contributed by atoms with Crippen LogP contribution in [0.5, 0.6) is 0 Å². The van der Waals surface area contributed by atoms with E-state index in [-0.39, 0.29) is 17.0 Å². The van der Waals surface area contributed by atoms with Crippen LogP contribution in [0.1, 0.15) is 11.1 Å². The number of hydrogen-bond donors (Lipinski definition) is 1. The minimum Gasteiger partial charge on any atom is -0.368 e. The van der Waals surface area contributed by atoms with Gasteiger partial charge in [0, 0.05) is 0 Å². The first-order chi connectivity index (χ1) is 11.8. The summed E-state index contributed by atoms with van der Waals surface area (Å²) in [4.78, 5) is 8.94. The summed E-state index contributed by atoms with van der Waals surface area (Å²) in [5.41, 5.74) is 10.3. The maximum absolute atomic E-state index is 6.13. The van der Waals surface area contributed by atoms with Gasteiger partial charge in [-0.15, -0.1) is 17.0 Å². The molecule has 2 aromatic heterocycles. The predicted molar refractivity (Wildman–Crippen MR) is 104 cm³/mol. The van der Waals surface area contributed by atoms with Gasteiger partial charge in [0.15, 0.2) is 11.8 Å². The highest BCUT2D eigenvalue weighted by atomic mass is 79.9. The largest absolute Gasteiger partial charge is 0.368 e. The van der Waals surface area contributed by atoms with Crippen molar-refractivity contribution in [3.8, 4) is 0 Å². The molecule has 0 aliphatic carbocycles. The van der Waals surface area contributed by atoms with E-state index in [4.69, 9.17) is 5.73 Å². The van der Waals surface area contributed by atoms with E-state index < -0.39 is 0 Å². The topological polar surface area (TPSA) is 60.6 Å². The van der Waals surface area contributed by atoms with Gasteiger partial charge in [-0.1, -0.05) is 70.6 Å². The SMILES string of the molecule is Br.Nc1nc[n+](Cc2ccccc2)c2ncn(Cc3ccccc3)c12. The van der Waals surface area contributed by atoms with Crippen molar-refractivity contribution >= 4 is 34.0 Å². The summed E-state index contributed by atoms with van der Waals surface area (Å²) in [6, 6.07) is 20.5. The van der Waals surface area contributed by atoms with Crippen molar-refractivity contribution in [1.29, 1.82) is 0 Å². The van der Waals surface area contributed by atoms with Crippen molar-refractivity contribution < 1.29 is 4.57 Å². The third kappa shape index (κ3) is 3.53. The maximum atomic E-state index is 6.13. The van der Waals surface area contributed by atoms with Gasteiger partial charge in [0.05, 0.1) is 13.1 Å². The first-order valence-electron chi connectivity index (χ1n) is 7.88. The summed E-state index contributed by atoms with van der Waals surface area (Å²) in [5.74, 6) is 0.503. The van der Waals surface area contributed by atoms with Crippen LogP contribution in [0.2, 0.25) is 0 Å². The molecular weight excluding hydrogens is 378 g/mol. The summed E-state index contributed by atoms with van der Waals surface area (Å²) in [7, 11) is 0. The second-order valence-electron chi connectivity index (χ2n) is 5.77. The number of benzene rings is 2. The molecule has 0 radical (unpaired) electrons. The fourth-order valence-corrected chi connectivity index (χ4v) is 2.89. The monoisotopic (exact) mass is 396 g/mol. The van der Waals surface area contributed by atoms with Gasteiger partial charge in [0.2, 0.25) is 12.1 Å². The number of nitrogens with two attached hydrogens (primary N) is 1. The number of nitrogens with zero attached hydrogens (tertiary/aromatic N) is 4. The molecule has 126 valence electrons. The standard InChI is InChI=1S/C19H17N5.BrH/c20-18-17-19(22-14-23(17)11-15-7-3-1-4-8-15)24(13-21-18)12-16-9-5-2-6-10-16;/h1-10,13-14,20H,11-12H2;1H/p+1. The van der Waals surface area contributed by atoms with Crippen LogP contribution in [-0.2, 0) is 13.1 Å². The van der Waals surface area contributed by atoms with E-state index in [0.29, 0.717) is 12.4 Å². The van der Waals surface area contributed by atoms with E-state index in [2.05, 4.69) is 38.8 Å². The smallest absolute Gasteiger partial charge is 0.293 e. The maximum Gasteiger partial charge on any atom is 0.293 e. The molecule has 0 saturated carbocycles. The van der Waals surface area contributed by atoms with Gasteiger partial charge < -0.3 is 10.3 Å². The summed E-state index contributed by atoms with van der Waals surface area (Å²) in [6.07, 6.45) is 3.59. The molecule has 0 bridgehead atoms. The van der Waals surface area contributed by atoms with Crippen LogP contribution in [0.15, 0.2) is 73.3 Å². The number of halogens is 1. The van der Waals surface area contributed by atoms with Crippen LogP contribution in [-0.4, -0.2) is 14.5 Å². The minimum absolute atomic E-state index is 0. The Kier molecular flexibility index (Phi) is 5.09. The average molecular weight is 397 g/mol. The Morgan fingerprint density at radius 1 is 0.880 bits per heavy atom. The van der Waals surface area contributed by atoms with Crippen LogP contribution in [0.25, 0.3) is 11.2 Å². The van der Waals surface area contributed by atoms with Gasteiger partial charge in [-0.05, 0) is 11.1 Å². The fourth-order valence-electron chi connectivity index (χ4n) is 2.89. The Bertz CT molecular complexity index is 967. The van der Waals surface area contributed by atoms with Crippen molar-refractivity contribution in [2.45, 2.75) is 13.1 Å². The molecule has 25 heavy (non-hydrogen) atoms. The lowest BCUT2D eigenvalue weighted by atomic mass is 10.2. The Morgan fingerprint density at radius 3 is 2.20 bits per heavy atom. The normalized spacial score (nSPS) is 10.6. The number of nitrogen functional groups attached to an aromatic ring is 1. The molecule has 4 rings (SSSR count). The number of fused-ring (bicyclic) bond motifs is 1. The van der Waals surface area contributed by atoms with E-state index in [0.717, 1.165) is 17.7 Å². The highest BCUT2D eigenvalue weighted by Crippen LogP contribution is 2.16. The molecule has 0 amide bonds. The quantitative estimate of drug-likeness (QED) is 0.539. The van der Waals surface area contributed by atoms with Crippen LogP contribution in [0.3, 0.4) is 0 Å². The number of rotatable bonds is 4. The third-order valence-electron chi connectivity index (χ3n) is 4.06. The Labute approximate surface area is 156 Å². The van der Waals surface area contributed by atoms with Gasteiger partial charge in [-0.25, -0.2) is 4.57 Å². The molecule has 0 saturated heterocycles. The molecule has 0 aliphatic rings. The zero-order valence-corrected chi connectivity index (χ0v) is 15.3. The number of aromatic nitrogens is 4. The zero-order chi connectivity index (χ0) is 16.4. The first-order valence-corrected chi connectivity index (χ1v) is 7.88. The highest BCUT2D eigenvalue weighted by Gasteiger charge is 2.18. The Balaban J connectivity index is 0.00000182. The Morgan fingerprint density at radius 2 is 1.52 bits per heavy atom. The van der Waals surface area contributed by atoms with Crippen molar-refractivity contribution in [1.82, 2.24) is 14.5 Å². The van der Waals surface area contributed by atoms with Crippen molar-refractivity contribution in [3.05, 3.63) is 84.4 Å². The van der Waals surface area contributed by atoms with E-state index >= 15 is 0 Å². The van der Waals surface area contributed by atoms with Crippen LogP contribution >= 0.6 is 17.0 Å². The fraction of sp³-hybridized carbons (Fsp3) is 0.105. The number of imidazole rings is 1. The van der Waals surface area contributed by atoms with Gasteiger partial charge >= 0.3 is 0 Å². The molecule has 0 unspecified atom stereocenters. The summed E-state index contributed by atoms with van der Waals surface area (Å²) >= 11 is 0. The molecule has 4 aromatic rings. The van der Waals surface area contributed by atoms with Crippen LogP contribution in [0.4, 0.5) is 5.82 Å². The summed E-state index contributed by atoms with van der Waals surface area (Å²) in [6.45, 7) is 1.44. The van der Waals surface area contributed by atoms with Gasteiger partial charge in [0.25, 0.3) is 5.65 Å². The minimum atomic E-state index is 0. The van der Waals surface area contributed by atoms with Crippen molar-refractivity contribution in [2.24, 2.45) is 0 Å². The molecule has 0 spiro atoms. The molecule has 2 aromatic carbocycles. The average Bonchev–Trinajstić information content (AvgIpc) is 3.04. The summed E-state index contributed by atoms with van der Waals surface area (Å²) in [5, 5.41) is 0. The predicted octanol–water partition coefficient (Wildman–Crippen LogP) is 2.98. The molecule has 0 fully saturated rings. The molecule has 5 nitrogen and oxygen atoms in total. The molecule has 2 N–H and O–H groups in total. The Hall–Kier alpha value is -2.73.